The summed E-state index contributed by atoms with van der Waals surface area (Å²) in [5, 5.41) is 12.9. The highest BCUT2D eigenvalue weighted by Gasteiger charge is 2.41. The van der Waals surface area contributed by atoms with Crippen LogP contribution in [-0.4, -0.2) is 58.7 Å². The van der Waals surface area contributed by atoms with Gasteiger partial charge in [-0.05, 0) is 49.7 Å². The van der Waals surface area contributed by atoms with Crippen LogP contribution in [0.1, 0.15) is 28.0 Å². The van der Waals surface area contributed by atoms with Crippen LogP contribution in [0.5, 0.6) is 5.75 Å². The van der Waals surface area contributed by atoms with Gasteiger partial charge in [0.1, 0.15) is 12.4 Å². The molecule has 10 nitrogen and oxygen atoms in total. The van der Waals surface area contributed by atoms with Gasteiger partial charge in [0, 0.05) is 35.3 Å². The zero-order chi connectivity index (χ0) is 27.1. The molecule has 10 heteroatoms. The fourth-order valence-corrected chi connectivity index (χ4v) is 4.40. The number of hydrogen-bond donors (Lipinski definition) is 3. The second kappa shape index (κ2) is 12.2. The summed E-state index contributed by atoms with van der Waals surface area (Å²) in [6, 6.07) is 15.8. The molecule has 4 rings (SSSR count). The molecule has 1 aromatic heterocycles. The highest BCUT2D eigenvalue weighted by atomic mass is 16.6. The summed E-state index contributed by atoms with van der Waals surface area (Å²) in [5.74, 6) is -1.36. The lowest BCUT2D eigenvalue weighted by atomic mass is 10.0. The molecule has 3 aromatic rings. The van der Waals surface area contributed by atoms with E-state index in [1.165, 1.54) is 4.90 Å². The first kappa shape index (κ1) is 26.6. The van der Waals surface area contributed by atoms with Gasteiger partial charge in [-0.2, -0.15) is 0 Å². The molecule has 198 valence electrons. The molecule has 0 radical (unpaired) electrons. The normalized spacial score (nSPS) is 16.6. The van der Waals surface area contributed by atoms with E-state index >= 15 is 0 Å². The van der Waals surface area contributed by atoms with Crippen molar-refractivity contribution in [2.75, 3.05) is 19.7 Å². The molecule has 3 N–H and O–H groups in total. The monoisotopic (exact) mass is 518 g/mol. The van der Waals surface area contributed by atoms with Crippen LogP contribution in [0.4, 0.5) is 4.79 Å². The van der Waals surface area contributed by atoms with Crippen LogP contribution in [-0.2, 0) is 16.1 Å². The molecule has 1 aliphatic rings. The third kappa shape index (κ3) is 6.27. The summed E-state index contributed by atoms with van der Waals surface area (Å²) in [4.78, 5) is 43.3. The Hall–Kier alpha value is -4.44. The standard InChI is InChI=1S/C28H30N4O6/c1-3-4-13-37-28(35)32-15-23(27(34)31-36)25(16-32)30-26(33)19-9-11-21(12-10-19)38-17-20-14-18(2)29-24-8-6-5-7-22(20)24/h3,5-12,14,23,25,36H,1,4,13,15-17H2,2H3,(H,30,33)(H,31,34)/t23-,25+/m0/s1. The Bertz CT molecular complexity index is 1330. The number of aromatic nitrogens is 1. The Morgan fingerprint density at radius 2 is 1.92 bits per heavy atom. The van der Waals surface area contributed by atoms with Crippen molar-refractivity contribution in [1.82, 2.24) is 20.7 Å². The SMILES string of the molecule is C=CCCOC(=O)N1C[C@H](C(=O)NO)[C@H](NC(=O)c2ccc(OCc3cc(C)nc4ccccc34)cc2)C1. The van der Waals surface area contributed by atoms with Crippen LogP contribution in [0.15, 0.2) is 67.3 Å². The quantitative estimate of drug-likeness (QED) is 0.171. The van der Waals surface area contributed by atoms with Crippen LogP contribution in [0.25, 0.3) is 10.9 Å². The lowest BCUT2D eigenvalue weighted by molar-refractivity contribution is -0.133. The number of nitrogens with zero attached hydrogens (tertiary/aromatic N) is 2. The highest BCUT2D eigenvalue weighted by molar-refractivity contribution is 5.95. The van der Waals surface area contributed by atoms with Crippen molar-refractivity contribution in [3.05, 3.63) is 84.1 Å². The average Bonchev–Trinajstić information content (AvgIpc) is 3.35. The molecule has 1 saturated heterocycles. The topological polar surface area (TPSA) is 130 Å². The minimum atomic E-state index is -0.836. The second-order valence-corrected chi connectivity index (χ2v) is 9.01. The smallest absolute Gasteiger partial charge is 0.409 e. The molecule has 2 aromatic carbocycles. The molecule has 0 spiro atoms. The Balaban J connectivity index is 1.38. The number of carbonyl (C=O) groups is 3. The van der Waals surface area contributed by atoms with E-state index in [-0.39, 0.29) is 19.7 Å². The predicted molar refractivity (Wildman–Crippen MR) is 140 cm³/mol. The van der Waals surface area contributed by atoms with Gasteiger partial charge in [-0.25, -0.2) is 10.3 Å². The van der Waals surface area contributed by atoms with E-state index < -0.39 is 29.9 Å². The van der Waals surface area contributed by atoms with Crippen molar-refractivity contribution in [3.63, 3.8) is 0 Å². The van der Waals surface area contributed by atoms with Gasteiger partial charge in [0.05, 0.1) is 24.1 Å². The lowest BCUT2D eigenvalue weighted by Crippen LogP contribution is -2.45. The minimum absolute atomic E-state index is 0.000201. The summed E-state index contributed by atoms with van der Waals surface area (Å²) in [5.41, 5.74) is 4.78. The molecule has 0 bridgehead atoms. The van der Waals surface area contributed by atoms with E-state index in [2.05, 4.69) is 16.9 Å². The number of aryl methyl sites for hydroxylation is 1. The first-order valence-corrected chi connectivity index (χ1v) is 12.2. The molecule has 0 saturated carbocycles. The van der Waals surface area contributed by atoms with E-state index in [1.807, 2.05) is 37.3 Å². The fraction of sp³-hybridized carbons (Fsp3) is 0.286. The highest BCUT2D eigenvalue weighted by Crippen LogP contribution is 2.22. The number of fused-ring (bicyclic) bond motifs is 1. The minimum Gasteiger partial charge on any atom is -0.489 e. The molecule has 2 atom stereocenters. The van der Waals surface area contributed by atoms with E-state index in [9.17, 15) is 14.4 Å². The number of carbonyl (C=O) groups excluding carboxylic acids is 3. The van der Waals surface area contributed by atoms with Gasteiger partial charge < -0.3 is 19.7 Å². The number of nitrogens with one attached hydrogen (secondary N) is 2. The second-order valence-electron chi connectivity index (χ2n) is 9.01. The molecule has 0 aliphatic carbocycles. The fourth-order valence-electron chi connectivity index (χ4n) is 4.40. The molecule has 38 heavy (non-hydrogen) atoms. The zero-order valence-electron chi connectivity index (χ0n) is 21.1. The van der Waals surface area contributed by atoms with Crippen molar-refractivity contribution in [3.8, 4) is 5.75 Å². The maximum absolute atomic E-state index is 12.9. The van der Waals surface area contributed by atoms with Crippen molar-refractivity contribution in [2.45, 2.75) is 26.0 Å². The van der Waals surface area contributed by atoms with Crippen molar-refractivity contribution in [2.24, 2.45) is 5.92 Å². The predicted octanol–water partition coefficient (Wildman–Crippen LogP) is 3.37. The Labute approximate surface area is 220 Å². The van der Waals surface area contributed by atoms with E-state index in [4.69, 9.17) is 14.7 Å². The van der Waals surface area contributed by atoms with Gasteiger partial charge >= 0.3 is 6.09 Å². The summed E-state index contributed by atoms with van der Waals surface area (Å²) in [6.07, 6.45) is 1.53. The summed E-state index contributed by atoms with van der Waals surface area (Å²) in [7, 11) is 0. The molecule has 0 unspecified atom stereocenters. The molecular formula is C28H30N4O6. The number of hydrogen-bond acceptors (Lipinski definition) is 7. The van der Waals surface area contributed by atoms with Crippen LogP contribution in [0.3, 0.4) is 0 Å². The number of hydroxylamine groups is 1. The first-order chi connectivity index (χ1) is 18.4. The maximum atomic E-state index is 12.9. The number of pyridine rings is 1. The number of amides is 3. The number of rotatable bonds is 9. The third-order valence-corrected chi connectivity index (χ3v) is 6.33. The third-order valence-electron chi connectivity index (χ3n) is 6.33. The van der Waals surface area contributed by atoms with Gasteiger partial charge in [0.25, 0.3) is 5.91 Å². The van der Waals surface area contributed by atoms with Gasteiger partial charge in [0.2, 0.25) is 5.91 Å². The van der Waals surface area contributed by atoms with Crippen LogP contribution >= 0.6 is 0 Å². The van der Waals surface area contributed by atoms with E-state index in [0.717, 1.165) is 22.2 Å². The van der Waals surface area contributed by atoms with Crippen molar-refractivity contribution < 1.29 is 29.1 Å². The van der Waals surface area contributed by atoms with E-state index in [0.29, 0.717) is 24.3 Å². The van der Waals surface area contributed by atoms with Crippen molar-refractivity contribution in [1.29, 1.82) is 0 Å². The summed E-state index contributed by atoms with van der Waals surface area (Å²) < 4.78 is 11.1. The maximum Gasteiger partial charge on any atom is 0.409 e. The Kier molecular flexibility index (Phi) is 8.55. The van der Waals surface area contributed by atoms with E-state index in [1.54, 1.807) is 35.8 Å². The molecular weight excluding hydrogens is 488 g/mol. The largest absolute Gasteiger partial charge is 0.489 e. The van der Waals surface area contributed by atoms with Gasteiger partial charge in [0.15, 0.2) is 0 Å². The molecule has 1 aliphatic heterocycles. The van der Waals surface area contributed by atoms with Crippen LogP contribution < -0.4 is 15.5 Å². The number of ether oxygens (including phenoxy) is 2. The average molecular weight is 519 g/mol. The lowest BCUT2D eigenvalue weighted by Gasteiger charge is -2.18. The number of likely N-dealkylation sites (tertiary alicyclic amines) is 1. The van der Waals surface area contributed by atoms with Crippen molar-refractivity contribution >= 4 is 28.8 Å². The van der Waals surface area contributed by atoms with Crippen LogP contribution in [0, 0.1) is 12.8 Å². The van der Waals surface area contributed by atoms with Gasteiger partial charge in [-0.1, -0.05) is 24.3 Å². The molecule has 2 heterocycles. The summed E-state index contributed by atoms with van der Waals surface area (Å²) >= 11 is 0. The van der Waals surface area contributed by atoms with Crippen LogP contribution in [0.2, 0.25) is 0 Å². The summed E-state index contributed by atoms with van der Waals surface area (Å²) in [6.45, 7) is 6.09. The molecule has 3 amide bonds. The first-order valence-electron chi connectivity index (χ1n) is 12.2. The Morgan fingerprint density at radius 1 is 1.16 bits per heavy atom. The zero-order valence-corrected chi connectivity index (χ0v) is 21.1. The Morgan fingerprint density at radius 3 is 2.66 bits per heavy atom. The number of benzene rings is 2. The van der Waals surface area contributed by atoms with Gasteiger partial charge in [-0.15, -0.1) is 6.58 Å². The van der Waals surface area contributed by atoms with Gasteiger partial charge in [-0.3, -0.25) is 19.8 Å². The molecule has 1 fully saturated rings. The number of para-hydroxylation sites is 1.